The number of fused-ring (bicyclic) bond motifs is 1. The average Bonchev–Trinajstić information content (AvgIpc) is 2.89. The van der Waals surface area contributed by atoms with Crippen LogP contribution in [0, 0.1) is 6.92 Å². The maximum atomic E-state index is 12.1. The standard InChI is InChI=1S/C17H23N3O2/c1-12-4-5-15-13(10-19-16(15)9-12)6-7-18-17(22)20-8-2-3-14(21)11-20/h4-5,9-10,14,19,21H,2-3,6-8,11H2,1H3,(H,18,22). The van der Waals surface area contributed by atoms with Crippen LogP contribution >= 0.6 is 0 Å². The number of urea groups is 1. The van der Waals surface area contributed by atoms with Crippen molar-refractivity contribution in [2.24, 2.45) is 0 Å². The summed E-state index contributed by atoms with van der Waals surface area (Å²) in [5.41, 5.74) is 3.59. The van der Waals surface area contributed by atoms with Gasteiger partial charge in [-0.2, -0.15) is 0 Å². The van der Waals surface area contributed by atoms with Gasteiger partial charge in [0.1, 0.15) is 0 Å². The fourth-order valence-electron chi connectivity index (χ4n) is 3.06. The highest BCUT2D eigenvalue weighted by Gasteiger charge is 2.21. The number of β-amino-alcohol motifs (C(OH)–C–C–N with tert-alkyl or cyclic N) is 1. The number of nitrogens with one attached hydrogen (secondary N) is 2. The number of nitrogens with zero attached hydrogens (tertiary/aromatic N) is 1. The largest absolute Gasteiger partial charge is 0.391 e. The van der Waals surface area contributed by atoms with Crippen LogP contribution in [0.5, 0.6) is 0 Å². The van der Waals surface area contributed by atoms with E-state index in [9.17, 15) is 9.90 Å². The molecule has 3 rings (SSSR count). The topological polar surface area (TPSA) is 68.4 Å². The molecule has 0 bridgehead atoms. The third-order valence-corrected chi connectivity index (χ3v) is 4.28. The summed E-state index contributed by atoms with van der Waals surface area (Å²) >= 11 is 0. The van der Waals surface area contributed by atoms with Crippen LogP contribution in [0.1, 0.15) is 24.0 Å². The number of rotatable bonds is 3. The lowest BCUT2D eigenvalue weighted by atomic mass is 10.1. The third-order valence-electron chi connectivity index (χ3n) is 4.28. The number of carbonyl (C=O) groups excluding carboxylic acids is 1. The summed E-state index contributed by atoms with van der Waals surface area (Å²) in [6.45, 7) is 3.85. The van der Waals surface area contributed by atoms with Crippen LogP contribution in [0.4, 0.5) is 4.79 Å². The number of H-pyrrole nitrogens is 1. The van der Waals surface area contributed by atoms with Gasteiger partial charge in [0.2, 0.25) is 0 Å². The fourth-order valence-corrected chi connectivity index (χ4v) is 3.06. The zero-order valence-electron chi connectivity index (χ0n) is 12.9. The Hall–Kier alpha value is -2.01. The molecule has 3 N–H and O–H groups in total. The number of piperidine rings is 1. The van der Waals surface area contributed by atoms with Gasteiger partial charge in [-0.05, 0) is 43.4 Å². The van der Waals surface area contributed by atoms with Gasteiger partial charge in [0.25, 0.3) is 0 Å². The minimum Gasteiger partial charge on any atom is -0.391 e. The molecule has 5 nitrogen and oxygen atoms in total. The van der Waals surface area contributed by atoms with E-state index < -0.39 is 0 Å². The first-order valence-corrected chi connectivity index (χ1v) is 7.91. The van der Waals surface area contributed by atoms with E-state index in [1.165, 1.54) is 16.5 Å². The van der Waals surface area contributed by atoms with Crippen LogP contribution in [0.25, 0.3) is 10.9 Å². The highest BCUT2D eigenvalue weighted by atomic mass is 16.3. The van der Waals surface area contributed by atoms with Gasteiger partial charge in [0.15, 0.2) is 0 Å². The number of likely N-dealkylation sites (tertiary alicyclic amines) is 1. The van der Waals surface area contributed by atoms with E-state index in [0.717, 1.165) is 31.3 Å². The molecule has 0 saturated carbocycles. The molecule has 0 spiro atoms. The lowest BCUT2D eigenvalue weighted by Crippen LogP contribution is -2.47. The highest BCUT2D eigenvalue weighted by molar-refractivity contribution is 5.83. The Kier molecular flexibility index (Phi) is 4.34. The lowest BCUT2D eigenvalue weighted by Gasteiger charge is -2.30. The van der Waals surface area contributed by atoms with Crippen LogP contribution in [-0.4, -0.2) is 46.8 Å². The van der Waals surface area contributed by atoms with Gasteiger partial charge >= 0.3 is 6.03 Å². The quantitative estimate of drug-likeness (QED) is 0.813. The van der Waals surface area contributed by atoms with Gasteiger partial charge in [-0.3, -0.25) is 0 Å². The van der Waals surface area contributed by atoms with E-state index in [0.29, 0.717) is 13.1 Å². The Morgan fingerprint density at radius 2 is 2.36 bits per heavy atom. The molecule has 2 heterocycles. The monoisotopic (exact) mass is 301 g/mol. The molecule has 0 aliphatic carbocycles. The zero-order chi connectivity index (χ0) is 15.5. The molecule has 1 aliphatic heterocycles. The van der Waals surface area contributed by atoms with Crippen molar-refractivity contribution in [3.8, 4) is 0 Å². The van der Waals surface area contributed by atoms with Crippen molar-refractivity contribution in [1.82, 2.24) is 15.2 Å². The van der Waals surface area contributed by atoms with Gasteiger partial charge in [0, 0.05) is 36.7 Å². The van der Waals surface area contributed by atoms with Gasteiger partial charge < -0.3 is 20.3 Å². The maximum absolute atomic E-state index is 12.1. The molecule has 1 aromatic heterocycles. The SMILES string of the molecule is Cc1ccc2c(CCNC(=O)N3CCCC(O)C3)c[nH]c2c1. The van der Waals surface area contributed by atoms with Crippen LogP contribution in [0.15, 0.2) is 24.4 Å². The Morgan fingerprint density at radius 3 is 3.18 bits per heavy atom. The number of aliphatic hydroxyl groups excluding tert-OH is 1. The number of aromatic nitrogens is 1. The summed E-state index contributed by atoms with van der Waals surface area (Å²) in [4.78, 5) is 17.1. The summed E-state index contributed by atoms with van der Waals surface area (Å²) in [5.74, 6) is 0. The van der Waals surface area contributed by atoms with Crippen LogP contribution in [0.3, 0.4) is 0 Å². The van der Waals surface area contributed by atoms with Crippen molar-refractivity contribution in [2.45, 2.75) is 32.3 Å². The first-order valence-electron chi connectivity index (χ1n) is 7.91. The first kappa shape index (κ1) is 14.9. The van der Waals surface area contributed by atoms with E-state index in [2.05, 4.69) is 35.4 Å². The third kappa shape index (κ3) is 3.25. The molecule has 22 heavy (non-hydrogen) atoms. The predicted molar refractivity (Wildman–Crippen MR) is 87.0 cm³/mol. The van der Waals surface area contributed by atoms with Crippen molar-refractivity contribution in [3.05, 3.63) is 35.5 Å². The number of aromatic amines is 1. The van der Waals surface area contributed by atoms with E-state index >= 15 is 0 Å². The Bertz CT molecular complexity index is 665. The summed E-state index contributed by atoms with van der Waals surface area (Å²) < 4.78 is 0. The Labute approximate surface area is 130 Å². The van der Waals surface area contributed by atoms with E-state index in [4.69, 9.17) is 0 Å². The van der Waals surface area contributed by atoms with Crippen LogP contribution in [0.2, 0.25) is 0 Å². The molecule has 2 amide bonds. The number of hydrogen-bond donors (Lipinski definition) is 3. The molecule has 118 valence electrons. The van der Waals surface area contributed by atoms with Gasteiger partial charge in [-0.15, -0.1) is 0 Å². The Balaban J connectivity index is 1.54. The minimum absolute atomic E-state index is 0.0746. The van der Waals surface area contributed by atoms with E-state index in [1.54, 1.807) is 4.90 Å². The van der Waals surface area contributed by atoms with Crippen LogP contribution < -0.4 is 5.32 Å². The van der Waals surface area contributed by atoms with Gasteiger partial charge in [-0.25, -0.2) is 4.79 Å². The van der Waals surface area contributed by atoms with Crippen molar-refractivity contribution in [3.63, 3.8) is 0 Å². The van der Waals surface area contributed by atoms with E-state index in [-0.39, 0.29) is 12.1 Å². The molecular formula is C17H23N3O2. The number of benzene rings is 1. The summed E-state index contributed by atoms with van der Waals surface area (Å²) in [7, 11) is 0. The number of amides is 2. The predicted octanol–water partition coefficient (Wildman–Crippen LogP) is 2.19. The number of aliphatic hydroxyl groups is 1. The van der Waals surface area contributed by atoms with Crippen molar-refractivity contribution < 1.29 is 9.90 Å². The highest BCUT2D eigenvalue weighted by Crippen LogP contribution is 2.19. The van der Waals surface area contributed by atoms with Gasteiger partial charge in [-0.1, -0.05) is 12.1 Å². The average molecular weight is 301 g/mol. The molecule has 1 aromatic carbocycles. The molecule has 1 unspecified atom stereocenters. The molecule has 1 saturated heterocycles. The molecule has 0 radical (unpaired) electrons. The number of aryl methyl sites for hydroxylation is 1. The fraction of sp³-hybridized carbons (Fsp3) is 0.471. The van der Waals surface area contributed by atoms with E-state index in [1.807, 2.05) is 6.20 Å². The number of hydrogen-bond acceptors (Lipinski definition) is 2. The Morgan fingerprint density at radius 1 is 1.50 bits per heavy atom. The maximum Gasteiger partial charge on any atom is 0.317 e. The first-order chi connectivity index (χ1) is 10.6. The molecule has 1 aliphatic rings. The van der Waals surface area contributed by atoms with Crippen molar-refractivity contribution in [1.29, 1.82) is 0 Å². The normalized spacial score (nSPS) is 18.6. The lowest BCUT2D eigenvalue weighted by molar-refractivity contribution is 0.0843. The molecular weight excluding hydrogens is 278 g/mol. The molecule has 1 atom stereocenters. The smallest absolute Gasteiger partial charge is 0.317 e. The van der Waals surface area contributed by atoms with Crippen molar-refractivity contribution in [2.75, 3.05) is 19.6 Å². The zero-order valence-corrected chi connectivity index (χ0v) is 12.9. The molecule has 2 aromatic rings. The minimum atomic E-state index is -0.378. The summed E-state index contributed by atoms with van der Waals surface area (Å²) in [5, 5.41) is 13.8. The second kappa shape index (κ2) is 6.40. The molecule has 5 heteroatoms. The summed E-state index contributed by atoms with van der Waals surface area (Å²) in [6.07, 6.45) is 4.09. The van der Waals surface area contributed by atoms with Crippen LogP contribution in [-0.2, 0) is 6.42 Å². The van der Waals surface area contributed by atoms with Gasteiger partial charge in [0.05, 0.1) is 6.10 Å². The second-order valence-corrected chi connectivity index (χ2v) is 6.09. The summed E-state index contributed by atoms with van der Waals surface area (Å²) in [6, 6.07) is 6.29. The second-order valence-electron chi connectivity index (χ2n) is 6.09. The number of carbonyl (C=O) groups is 1. The van der Waals surface area contributed by atoms with Crippen molar-refractivity contribution >= 4 is 16.9 Å². The molecule has 1 fully saturated rings.